The maximum Gasteiger partial charge on any atom is 0.174 e. The molecule has 0 aromatic carbocycles. The molecule has 0 unspecified atom stereocenters. The standard InChI is InChI=1S/C6H9BrN2O/c1-2-4-5(3-10)9-6(7)8-4/h10H,2-3H2,1H3,(H,8,9). The molecule has 1 heterocycles. The van der Waals surface area contributed by atoms with Crippen LogP contribution in [0.2, 0.25) is 0 Å². The Morgan fingerprint density at radius 2 is 2.40 bits per heavy atom. The molecule has 0 saturated heterocycles. The van der Waals surface area contributed by atoms with Crippen molar-refractivity contribution in [3.63, 3.8) is 0 Å². The first kappa shape index (κ1) is 7.75. The number of rotatable bonds is 2. The Morgan fingerprint density at radius 1 is 1.70 bits per heavy atom. The van der Waals surface area contributed by atoms with Gasteiger partial charge in [0, 0.05) is 5.69 Å². The molecule has 0 radical (unpaired) electrons. The lowest BCUT2D eigenvalue weighted by Crippen LogP contribution is -1.89. The van der Waals surface area contributed by atoms with Crippen LogP contribution in [0.4, 0.5) is 0 Å². The zero-order valence-electron chi connectivity index (χ0n) is 5.69. The summed E-state index contributed by atoms with van der Waals surface area (Å²) in [6.45, 7) is 2.02. The number of halogens is 1. The third-order valence-corrected chi connectivity index (χ3v) is 1.71. The van der Waals surface area contributed by atoms with Gasteiger partial charge in [0.15, 0.2) is 4.73 Å². The van der Waals surface area contributed by atoms with E-state index in [-0.39, 0.29) is 6.61 Å². The Bertz CT molecular complexity index is 200. The van der Waals surface area contributed by atoms with Crippen molar-refractivity contribution in [2.45, 2.75) is 20.0 Å². The minimum atomic E-state index is 0.00523. The zero-order chi connectivity index (χ0) is 7.56. The number of aliphatic hydroxyl groups excluding tert-OH is 1. The molecule has 3 nitrogen and oxygen atoms in total. The molecule has 0 spiro atoms. The third kappa shape index (κ3) is 1.38. The quantitative estimate of drug-likeness (QED) is 0.762. The van der Waals surface area contributed by atoms with Crippen molar-refractivity contribution >= 4 is 15.9 Å². The van der Waals surface area contributed by atoms with Crippen LogP contribution < -0.4 is 0 Å². The topological polar surface area (TPSA) is 48.9 Å². The predicted molar refractivity (Wildman–Crippen MR) is 41.6 cm³/mol. The second kappa shape index (κ2) is 3.16. The maximum atomic E-state index is 8.76. The van der Waals surface area contributed by atoms with Crippen molar-refractivity contribution in [3.8, 4) is 0 Å². The normalized spacial score (nSPS) is 10.3. The number of aliphatic hydroxyl groups is 1. The van der Waals surface area contributed by atoms with Crippen molar-refractivity contribution in [1.82, 2.24) is 9.97 Å². The highest BCUT2D eigenvalue weighted by atomic mass is 79.9. The van der Waals surface area contributed by atoms with E-state index in [2.05, 4.69) is 25.9 Å². The van der Waals surface area contributed by atoms with Gasteiger partial charge in [0.05, 0.1) is 12.3 Å². The lowest BCUT2D eigenvalue weighted by atomic mass is 10.3. The van der Waals surface area contributed by atoms with Gasteiger partial charge >= 0.3 is 0 Å². The fourth-order valence-corrected chi connectivity index (χ4v) is 1.29. The van der Waals surface area contributed by atoms with Gasteiger partial charge in [-0.1, -0.05) is 6.92 Å². The van der Waals surface area contributed by atoms with Crippen LogP contribution in [-0.2, 0) is 13.0 Å². The van der Waals surface area contributed by atoms with Crippen LogP contribution in [0.25, 0.3) is 0 Å². The molecule has 0 saturated carbocycles. The Labute approximate surface area is 67.6 Å². The minimum absolute atomic E-state index is 0.00523. The van der Waals surface area contributed by atoms with E-state index in [1.807, 2.05) is 6.92 Å². The fraction of sp³-hybridized carbons (Fsp3) is 0.500. The van der Waals surface area contributed by atoms with Crippen molar-refractivity contribution in [2.75, 3.05) is 0 Å². The predicted octanol–water partition coefficient (Wildman–Crippen LogP) is 1.23. The summed E-state index contributed by atoms with van der Waals surface area (Å²) in [6.07, 6.45) is 0.870. The van der Waals surface area contributed by atoms with E-state index >= 15 is 0 Å². The van der Waals surface area contributed by atoms with E-state index in [1.54, 1.807) is 0 Å². The molecule has 0 aliphatic heterocycles. The molecular formula is C6H9BrN2O. The number of hydrogen-bond donors (Lipinski definition) is 2. The van der Waals surface area contributed by atoms with Gasteiger partial charge in [0.2, 0.25) is 0 Å². The molecule has 0 fully saturated rings. The van der Waals surface area contributed by atoms with Gasteiger partial charge in [0.1, 0.15) is 0 Å². The van der Waals surface area contributed by atoms with E-state index in [0.717, 1.165) is 17.8 Å². The van der Waals surface area contributed by atoms with Gasteiger partial charge in [-0.05, 0) is 22.4 Å². The van der Waals surface area contributed by atoms with Gasteiger partial charge in [0.25, 0.3) is 0 Å². The summed E-state index contributed by atoms with van der Waals surface area (Å²) in [5.74, 6) is 0. The number of aromatic amines is 1. The summed E-state index contributed by atoms with van der Waals surface area (Å²) in [5.41, 5.74) is 1.73. The summed E-state index contributed by atoms with van der Waals surface area (Å²) in [5, 5.41) is 8.76. The number of nitrogens with zero attached hydrogens (tertiary/aromatic N) is 1. The van der Waals surface area contributed by atoms with Crippen LogP contribution in [-0.4, -0.2) is 15.1 Å². The average Bonchev–Trinajstić information content (AvgIpc) is 2.30. The van der Waals surface area contributed by atoms with Crippen LogP contribution in [0.3, 0.4) is 0 Å². The minimum Gasteiger partial charge on any atom is -0.390 e. The zero-order valence-corrected chi connectivity index (χ0v) is 7.27. The molecular weight excluding hydrogens is 196 g/mol. The summed E-state index contributed by atoms with van der Waals surface area (Å²) >= 11 is 3.19. The molecule has 0 bridgehead atoms. The highest BCUT2D eigenvalue weighted by Crippen LogP contribution is 2.10. The highest BCUT2D eigenvalue weighted by molar-refractivity contribution is 9.10. The van der Waals surface area contributed by atoms with E-state index < -0.39 is 0 Å². The SMILES string of the molecule is CCc1[nH]c(Br)nc1CO. The Kier molecular flexibility index (Phi) is 2.45. The Hall–Kier alpha value is -0.350. The second-order valence-corrected chi connectivity index (χ2v) is 2.72. The van der Waals surface area contributed by atoms with Crippen LogP contribution in [0.5, 0.6) is 0 Å². The van der Waals surface area contributed by atoms with Gasteiger partial charge in [-0.3, -0.25) is 0 Å². The Balaban J connectivity index is 2.96. The molecule has 2 N–H and O–H groups in total. The maximum absolute atomic E-state index is 8.76. The van der Waals surface area contributed by atoms with Crippen molar-refractivity contribution in [2.24, 2.45) is 0 Å². The first-order valence-electron chi connectivity index (χ1n) is 3.12. The monoisotopic (exact) mass is 204 g/mol. The van der Waals surface area contributed by atoms with Crippen LogP contribution in [0, 0.1) is 0 Å². The number of hydrogen-bond acceptors (Lipinski definition) is 2. The van der Waals surface area contributed by atoms with Crippen molar-refractivity contribution in [1.29, 1.82) is 0 Å². The Morgan fingerprint density at radius 3 is 2.80 bits per heavy atom. The highest BCUT2D eigenvalue weighted by Gasteiger charge is 2.03. The number of nitrogens with one attached hydrogen (secondary N) is 1. The van der Waals surface area contributed by atoms with Gasteiger partial charge in [-0.15, -0.1) is 0 Å². The van der Waals surface area contributed by atoms with Gasteiger partial charge < -0.3 is 10.1 Å². The van der Waals surface area contributed by atoms with E-state index in [0.29, 0.717) is 4.73 Å². The molecule has 1 rings (SSSR count). The van der Waals surface area contributed by atoms with Crippen molar-refractivity contribution < 1.29 is 5.11 Å². The van der Waals surface area contributed by atoms with Gasteiger partial charge in [-0.25, -0.2) is 4.98 Å². The molecule has 10 heavy (non-hydrogen) atoms. The third-order valence-electron chi connectivity index (χ3n) is 1.34. The van der Waals surface area contributed by atoms with Crippen LogP contribution in [0.1, 0.15) is 18.3 Å². The molecule has 56 valence electrons. The molecule has 1 aromatic heterocycles. The lowest BCUT2D eigenvalue weighted by molar-refractivity contribution is 0.276. The average molecular weight is 205 g/mol. The number of imidazole rings is 1. The fourth-order valence-electron chi connectivity index (χ4n) is 0.834. The number of aromatic nitrogens is 2. The molecule has 0 amide bonds. The summed E-state index contributed by atoms with van der Waals surface area (Å²) < 4.78 is 0.688. The second-order valence-electron chi connectivity index (χ2n) is 1.96. The molecule has 0 aliphatic carbocycles. The molecule has 1 aromatic rings. The first-order valence-corrected chi connectivity index (χ1v) is 3.91. The molecule has 4 heteroatoms. The smallest absolute Gasteiger partial charge is 0.174 e. The largest absolute Gasteiger partial charge is 0.390 e. The molecule has 0 aliphatic rings. The summed E-state index contributed by atoms with van der Waals surface area (Å²) in [6, 6.07) is 0. The summed E-state index contributed by atoms with van der Waals surface area (Å²) in [7, 11) is 0. The van der Waals surface area contributed by atoms with E-state index in [1.165, 1.54) is 0 Å². The van der Waals surface area contributed by atoms with Crippen LogP contribution in [0.15, 0.2) is 4.73 Å². The lowest BCUT2D eigenvalue weighted by Gasteiger charge is -1.91. The van der Waals surface area contributed by atoms with Crippen molar-refractivity contribution in [3.05, 3.63) is 16.1 Å². The molecule has 0 atom stereocenters. The van der Waals surface area contributed by atoms with Crippen LogP contribution >= 0.6 is 15.9 Å². The number of aryl methyl sites for hydroxylation is 1. The first-order chi connectivity index (χ1) is 4.77. The summed E-state index contributed by atoms with van der Waals surface area (Å²) in [4.78, 5) is 7.00. The van der Waals surface area contributed by atoms with Gasteiger partial charge in [-0.2, -0.15) is 0 Å². The van der Waals surface area contributed by atoms with E-state index in [4.69, 9.17) is 5.11 Å². The van der Waals surface area contributed by atoms with E-state index in [9.17, 15) is 0 Å². The number of H-pyrrole nitrogens is 1.